The van der Waals surface area contributed by atoms with E-state index in [1.165, 1.54) is 11.0 Å². The highest BCUT2D eigenvalue weighted by atomic mass is 16.5. The van der Waals surface area contributed by atoms with Gasteiger partial charge in [-0.15, -0.1) is 6.42 Å². The van der Waals surface area contributed by atoms with Gasteiger partial charge in [-0.1, -0.05) is 10.7 Å². The van der Waals surface area contributed by atoms with Crippen LogP contribution in [0.1, 0.15) is 6.92 Å². The summed E-state index contributed by atoms with van der Waals surface area (Å²) in [7, 11) is 0. The highest BCUT2D eigenvalue weighted by Crippen LogP contribution is 1.95. The van der Waals surface area contributed by atoms with Gasteiger partial charge in [0, 0.05) is 0 Å². The molecule has 0 radical (unpaired) electrons. The Bertz CT molecular complexity index is 274. The molecule has 5 nitrogen and oxygen atoms in total. The number of anilines is 1. The van der Waals surface area contributed by atoms with E-state index in [2.05, 4.69) is 21.1 Å². The average Bonchev–Trinajstić information content (AvgIpc) is 2.35. The summed E-state index contributed by atoms with van der Waals surface area (Å²) < 4.78 is 4.54. The molecule has 2 N–H and O–H groups in total. The third-order valence-electron chi connectivity index (χ3n) is 1.01. The van der Waals surface area contributed by atoms with Gasteiger partial charge in [-0.25, -0.2) is 0 Å². The Kier molecular flexibility index (Phi) is 1.97. The summed E-state index contributed by atoms with van der Waals surface area (Å²) in [4.78, 5) is 1.21. The second-order valence-electron chi connectivity index (χ2n) is 1.98. The molecule has 11 heavy (non-hydrogen) atoms. The van der Waals surface area contributed by atoms with E-state index >= 15 is 0 Å². The lowest BCUT2D eigenvalue weighted by Gasteiger charge is -2.01. The van der Waals surface area contributed by atoms with Gasteiger partial charge in [0.1, 0.15) is 0 Å². The van der Waals surface area contributed by atoms with Crippen LogP contribution in [0.25, 0.3) is 5.43 Å². The van der Waals surface area contributed by atoms with E-state index in [4.69, 9.17) is 12.2 Å². The molecule has 1 atom stereocenters. The van der Waals surface area contributed by atoms with Crippen LogP contribution >= 0.6 is 0 Å². The zero-order valence-electron chi connectivity index (χ0n) is 6.06. The maximum atomic E-state index is 5.23. The van der Waals surface area contributed by atoms with Gasteiger partial charge in [-0.3, -0.25) is 0 Å². The minimum atomic E-state index is -0.232. The van der Waals surface area contributed by atoms with Gasteiger partial charge in [0.05, 0.1) is 6.04 Å². The highest BCUT2D eigenvalue weighted by Gasteiger charge is 2.01. The van der Waals surface area contributed by atoms with E-state index in [-0.39, 0.29) is 11.9 Å². The number of hydrogen-bond acceptors (Lipinski definition) is 3. The molecule has 1 heterocycles. The molecule has 0 aromatic carbocycles. The molecule has 58 valence electrons. The summed E-state index contributed by atoms with van der Waals surface area (Å²) in [5, 5.41) is 3.46. The van der Waals surface area contributed by atoms with Crippen LogP contribution in [0, 0.1) is 12.3 Å². The van der Waals surface area contributed by atoms with Crippen LogP contribution in [0.3, 0.4) is 0 Å². The van der Waals surface area contributed by atoms with Crippen molar-refractivity contribution >= 4 is 5.88 Å². The molecule has 0 aliphatic carbocycles. The fraction of sp³-hybridized carbons (Fsp3) is 0.333. The maximum absolute atomic E-state index is 5.23. The molecule has 0 fully saturated rings. The van der Waals surface area contributed by atoms with E-state index in [0.717, 1.165) is 0 Å². The quantitative estimate of drug-likeness (QED) is 0.467. The Morgan fingerprint density at radius 1 is 2.00 bits per heavy atom. The number of aromatic nitrogens is 2. The predicted molar refractivity (Wildman–Crippen MR) is 38.2 cm³/mol. The fourth-order valence-electron chi connectivity index (χ4n) is 0.515. The molecule has 0 spiro atoms. The van der Waals surface area contributed by atoms with Crippen molar-refractivity contribution in [3.8, 4) is 12.3 Å². The van der Waals surface area contributed by atoms with Crippen molar-refractivity contribution in [3.63, 3.8) is 0 Å². The van der Waals surface area contributed by atoms with Crippen LogP contribution in [-0.2, 0) is 0 Å². The van der Waals surface area contributed by atoms with Crippen LogP contribution in [0.2, 0.25) is 0 Å². The number of hydrogen-bond donors (Lipinski definition) is 1. The third kappa shape index (κ3) is 1.86. The SMILES string of the molecule is C#CC(C)[N-][n+]1cc(N)on1. The molecular weight excluding hydrogens is 144 g/mol. The maximum Gasteiger partial charge on any atom is 0.265 e. The average molecular weight is 152 g/mol. The largest absolute Gasteiger partial charge is 0.382 e. The molecule has 1 aromatic rings. The molecular formula is C6H8N4O. The topological polar surface area (TPSA) is 70.0 Å². The fourth-order valence-corrected chi connectivity index (χ4v) is 0.515. The second-order valence-corrected chi connectivity index (χ2v) is 1.98. The smallest absolute Gasteiger partial charge is 0.265 e. The van der Waals surface area contributed by atoms with E-state index in [9.17, 15) is 0 Å². The molecule has 0 saturated carbocycles. The van der Waals surface area contributed by atoms with E-state index in [1.807, 2.05) is 0 Å². The van der Waals surface area contributed by atoms with Gasteiger partial charge in [0.25, 0.3) is 12.1 Å². The van der Waals surface area contributed by atoms with Gasteiger partial charge in [-0.2, -0.15) is 5.43 Å². The van der Waals surface area contributed by atoms with Crippen LogP contribution in [0.5, 0.6) is 0 Å². The van der Waals surface area contributed by atoms with Gasteiger partial charge >= 0.3 is 0 Å². The normalized spacial score (nSPS) is 12.0. The summed E-state index contributed by atoms with van der Waals surface area (Å²) >= 11 is 0. The molecule has 1 rings (SSSR count). The number of nitrogens with two attached hydrogens (primary N) is 1. The Balaban J connectivity index is 2.59. The summed E-state index contributed by atoms with van der Waals surface area (Å²) in [5.41, 5.74) is 9.13. The van der Waals surface area contributed by atoms with Crippen molar-refractivity contribution in [2.75, 3.05) is 5.73 Å². The highest BCUT2D eigenvalue weighted by molar-refractivity contribution is 5.12. The van der Waals surface area contributed by atoms with E-state index in [1.54, 1.807) is 6.92 Å². The third-order valence-corrected chi connectivity index (χ3v) is 1.01. The second kappa shape index (κ2) is 2.92. The first kappa shape index (κ1) is 7.41. The van der Waals surface area contributed by atoms with Crippen molar-refractivity contribution < 1.29 is 9.31 Å². The standard InChI is InChI=1S/C6H8N4O/c1-3-5(2)8-10-4-6(7)11-9-10/h1,4-5H,7H2,2H3. The molecule has 0 bridgehead atoms. The van der Waals surface area contributed by atoms with Crippen molar-refractivity contribution in [1.82, 2.24) is 5.27 Å². The zero-order chi connectivity index (χ0) is 8.27. The van der Waals surface area contributed by atoms with E-state index in [0.29, 0.717) is 0 Å². The lowest BCUT2D eigenvalue weighted by molar-refractivity contribution is -0.698. The number of nitrogens with zero attached hydrogens (tertiary/aromatic N) is 3. The lowest BCUT2D eigenvalue weighted by atomic mass is 10.4. The molecule has 1 unspecified atom stereocenters. The summed E-state index contributed by atoms with van der Waals surface area (Å²) in [6.45, 7) is 1.76. The number of rotatable bonds is 2. The number of nitrogen functional groups attached to an aromatic ring is 1. The van der Waals surface area contributed by atoms with Crippen molar-refractivity contribution in [2.24, 2.45) is 0 Å². The van der Waals surface area contributed by atoms with Gasteiger partial charge in [0.15, 0.2) is 0 Å². The Labute approximate surface area is 64.1 Å². The predicted octanol–water partition coefficient (Wildman–Crippen LogP) is -0.297. The summed E-state index contributed by atoms with van der Waals surface area (Å²) in [5.74, 6) is 2.62. The van der Waals surface area contributed by atoms with Crippen molar-refractivity contribution in [1.29, 1.82) is 0 Å². The Morgan fingerprint density at radius 2 is 2.73 bits per heavy atom. The van der Waals surface area contributed by atoms with Crippen LogP contribution in [-0.4, -0.2) is 11.3 Å². The van der Waals surface area contributed by atoms with Gasteiger partial charge < -0.3 is 10.3 Å². The molecule has 0 amide bonds. The van der Waals surface area contributed by atoms with Crippen molar-refractivity contribution in [2.45, 2.75) is 13.0 Å². The molecule has 0 aliphatic rings. The van der Waals surface area contributed by atoms with Crippen molar-refractivity contribution in [3.05, 3.63) is 11.6 Å². The van der Waals surface area contributed by atoms with Crippen LogP contribution < -0.4 is 10.5 Å². The Hall–Kier alpha value is -1.70. The van der Waals surface area contributed by atoms with Gasteiger partial charge in [-0.05, 0) is 12.2 Å². The molecule has 5 heteroatoms. The van der Waals surface area contributed by atoms with Crippen LogP contribution in [0.15, 0.2) is 10.7 Å². The zero-order valence-corrected chi connectivity index (χ0v) is 6.06. The number of terminal acetylenes is 1. The summed E-state index contributed by atoms with van der Waals surface area (Å²) in [6, 6.07) is -0.232. The minimum Gasteiger partial charge on any atom is -0.382 e. The minimum absolute atomic E-state index is 0.206. The molecule has 0 saturated heterocycles. The monoisotopic (exact) mass is 152 g/mol. The van der Waals surface area contributed by atoms with Crippen LogP contribution in [0.4, 0.5) is 5.88 Å². The first-order chi connectivity index (χ1) is 5.22. The summed E-state index contributed by atoms with van der Waals surface area (Å²) in [6.07, 6.45) is 6.52. The van der Waals surface area contributed by atoms with E-state index < -0.39 is 0 Å². The molecule has 1 aromatic heterocycles. The van der Waals surface area contributed by atoms with Gasteiger partial charge in [0.2, 0.25) is 0 Å². The Morgan fingerprint density at radius 3 is 3.18 bits per heavy atom. The molecule has 0 aliphatic heterocycles. The first-order valence-electron chi connectivity index (χ1n) is 3.04. The first-order valence-corrected chi connectivity index (χ1v) is 3.04. The lowest BCUT2D eigenvalue weighted by Crippen LogP contribution is -2.33.